The topological polar surface area (TPSA) is 173 Å². The van der Waals surface area contributed by atoms with E-state index < -0.39 is 30.2 Å². The maximum absolute atomic E-state index is 11.5. The summed E-state index contributed by atoms with van der Waals surface area (Å²) in [4.78, 5) is 33.1. The second-order valence-electron chi connectivity index (χ2n) is 7.10. The standard InChI is InChI=1S/C17H35NO5S.Na.H3O4P.H/c1-4-5-6-7-8-9-10-11-12-13-14-22-24(20,21)23-17(19)16(18)15(2)3;;1-5(2,3)4;/h15-16H,4-14,18H2,1-3H3;;(H3,1,2,3,4);/t16-;;;/m0.../s1. The molecule has 30 heavy (non-hydrogen) atoms. The molecule has 10 nitrogen and oxygen atoms in total. The fourth-order valence-electron chi connectivity index (χ4n) is 2.20. The first-order valence-corrected chi connectivity index (χ1v) is 12.9. The Morgan fingerprint density at radius 1 is 0.933 bits per heavy atom. The van der Waals surface area contributed by atoms with E-state index in [9.17, 15) is 13.2 Å². The molecule has 0 aliphatic rings. The Balaban J connectivity index is -0.00000108. The van der Waals surface area contributed by atoms with Gasteiger partial charge < -0.3 is 24.6 Å². The number of unbranched alkanes of at least 4 members (excludes halogenated alkanes) is 9. The molecule has 0 spiro atoms. The molecule has 0 aliphatic heterocycles. The number of carbonyl (C=O) groups excluding carboxylic acids is 1. The summed E-state index contributed by atoms with van der Waals surface area (Å²) in [6.45, 7) is 5.66. The van der Waals surface area contributed by atoms with Gasteiger partial charge in [0.25, 0.3) is 0 Å². The zero-order chi connectivity index (χ0) is 22.9. The third-order valence-electron chi connectivity index (χ3n) is 3.90. The molecule has 0 unspecified atom stereocenters. The van der Waals surface area contributed by atoms with Gasteiger partial charge in [-0.2, -0.15) is 8.42 Å². The minimum atomic E-state index is -4.64. The van der Waals surface area contributed by atoms with E-state index in [1.54, 1.807) is 13.8 Å². The van der Waals surface area contributed by atoms with Crippen LogP contribution in [-0.2, 0) is 28.1 Å². The minimum absolute atomic E-state index is 0. The normalized spacial score (nSPS) is 12.5. The molecule has 0 saturated carbocycles. The van der Waals surface area contributed by atoms with Crippen molar-refractivity contribution in [3.63, 3.8) is 0 Å². The zero-order valence-corrected chi connectivity index (χ0v) is 19.4. The molecule has 1 atom stereocenters. The molecule has 0 amide bonds. The van der Waals surface area contributed by atoms with Crippen molar-refractivity contribution in [1.29, 1.82) is 0 Å². The summed E-state index contributed by atoms with van der Waals surface area (Å²) >= 11 is 0. The molecule has 0 rings (SSSR count). The van der Waals surface area contributed by atoms with E-state index in [1.807, 2.05) is 0 Å². The fourth-order valence-corrected chi connectivity index (χ4v) is 2.89. The summed E-state index contributed by atoms with van der Waals surface area (Å²) in [5.41, 5.74) is 5.53. The van der Waals surface area contributed by atoms with E-state index in [-0.39, 0.29) is 42.1 Å². The molecular weight excluding hydrogens is 448 g/mol. The molecule has 0 aliphatic carbocycles. The van der Waals surface area contributed by atoms with Crippen LogP contribution in [-0.4, -0.2) is 71.3 Å². The van der Waals surface area contributed by atoms with Crippen LogP contribution in [0.1, 0.15) is 85.0 Å². The summed E-state index contributed by atoms with van der Waals surface area (Å²) < 4.78 is 40.9. The van der Waals surface area contributed by atoms with Gasteiger partial charge in [0.15, 0.2) is 0 Å². The Bertz CT molecular complexity index is 561. The van der Waals surface area contributed by atoms with E-state index in [0.717, 1.165) is 19.3 Å². The molecule has 0 saturated heterocycles. The van der Waals surface area contributed by atoms with Crippen molar-refractivity contribution >= 4 is 53.7 Å². The number of nitrogens with two attached hydrogens (primary N) is 1. The SMILES string of the molecule is CCCCCCCCCCCCOS(=O)(=O)OC(=O)[C@@H](N)C(C)C.O=P(O)(O)O.[NaH]. The van der Waals surface area contributed by atoms with Crippen LogP contribution < -0.4 is 5.73 Å². The van der Waals surface area contributed by atoms with Crippen molar-refractivity contribution in [2.75, 3.05) is 6.61 Å². The summed E-state index contributed by atoms with van der Waals surface area (Å²) in [5, 5.41) is 0. The molecule has 0 radical (unpaired) electrons. The first kappa shape index (κ1) is 35.0. The van der Waals surface area contributed by atoms with Crippen LogP contribution in [0.4, 0.5) is 0 Å². The summed E-state index contributed by atoms with van der Waals surface area (Å²) in [6.07, 6.45) is 11.5. The van der Waals surface area contributed by atoms with Crippen molar-refractivity contribution in [3.05, 3.63) is 0 Å². The molecule has 13 heteroatoms. The van der Waals surface area contributed by atoms with Gasteiger partial charge in [-0.05, 0) is 12.3 Å². The summed E-state index contributed by atoms with van der Waals surface area (Å²) in [6, 6.07) is -0.972. The number of rotatable bonds is 15. The van der Waals surface area contributed by atoms with Crippen molar-refractivity contribution < 1.29 is 40.8 Å². The first-order chi connectivity index (χ1) is 13.3. The molecule has 0 aromatic rings. The van der Waals surface area contributed by atoms with Crippen LogP contribution in [0.5, 0.6) is 0 Å². The van der Waals surface area contributed by atoms with E-state index in [1.165, 1.54) is 38.5 Å². The Morgan fingerprint density at radius 2 is 1.30 bits per heavy atom. The van der Waals surface area contributed by atoms with E-state index in [0.29, 0.717) is 6.42 Å². The Hall–Kier alpha value is 0.450. The van der Waals surface area contributed by atoms with Gasteiger partial charge in [0, 0.05) is 0 Å². The predicted octanol–water partition coefficient (Wildman–Crippen LogP) is 2.12. The molecule has 0 aromatic heterocycles. The van der Waals surface area contributed by atoms with E-state index in [4.69, 9.17) is 25.0 Å². The van der Waals surface area contributed by atoms with Gasteiger partial charge in [-0.1, -0.05) is 78.6 Å². The van der Waals surface area contributed by atoms with Crippen molar-refractivity contribution in [2.24, 2.45) is 11.7 Å². The van der Waals surface area contributed by atoms with Crippen LogP contribution in [0.2, 0.25) is 0 Å². The molecule has 0 heterocycles. The third-order valence-corrected chi connectivity index (χ3v) is 4.72. The van der Waals surface area contributed by atoms with Crippen LogP contribution in [0.25, 0.3) is 0 Å². The molecule has 178 valence electrons. The average molecular weight is 488 g/mol. The molecule has 5 N–H and O–H groups in total. The Kier molecular flexibility index (Phi) is 23.5. The van der Waals surface area contributed by atoms with E-state index in [2.05, 4.69) is 15.3 Å². The predicted molar refractivity (Wildman–Crippen MR) is 117 cm³/mol. The summed E-state index contributed by atoms with van der Waals surface area (Å²) in [7, 11) is -8.94. The number of hydrogen-bond donors (Lipinski definition) is 4. The maximum atomic E-state index is 11.5. The summed E-state index contributed by atoms with van der Waals surface area (Å²) in [5.74, 6) is -1.18. The second-order valence-corrected chi connectivity index (χ2v) is 9.34. The number of phosphoric acid groups is 1. The fraction of sp³-hybridized carbons (Fsp3) is 0.941. The molecule has 0 bridgehead atoms. The number of hydrogen-bond acceptors (Lipinski definition) is 7. The van der Waals surface area contributed by atoms with Gasteiger partial charge in [0.2, 0.25) is 0 Å². The van der Waals surface area contributed by atoms with Crippen molar-refractivity contribution in [3.8, 4) is 0 Å². The van der Waals surface area contributed by atoms with Crippen LogP contribution >= 0.6 is 7.82 Å². The Morgan fingerprint density at radius 3 is 1.67 bits per heavy atom. The molecular formula is C17H39NNaO9PS. The van der Waals surface area contributed by atoms with Gasteiger partial charge in [-0.25, -0.2) is 13.5 Å². The first-order valence-electron chi connectivity index (χ1n) is 9.96. The van der Waals surface area contributed by atoms with Crippen LogP contribution in [0.15, 0.2) is 0 Å². The quantitative estimate of drug-likeness (QED) is 0.152. The van der Waals surface area contributed by atoms with Gasteiger partial charge in [0.1, 0.15) is 6.04 Å². The van der Waals surface area contributed by atoms with Crippen LogP contribution in [0.3, 0.4) is 0 Å². The molecule has 0 fully saturated rings. The van der Waals surface area contributed by atoms with Gasteiger partial charge in [-0.3, -0.25) is 0 Å². The second kappa shape index (κ2) is 20.1. The Labute approximate surface area is 203 Å². The van der Waals surface area contributed by atoms with Crippen LogP contribution in [0, 0.1) is 5.92 Å². The van der Waals surface area contributed by atoms with E-state index >= 15 is 0 Å². The van der Waals surface area contributed by atoms with Crippen molar-refractivity contribution in [2.45, 2.75) is 91.0 Å². The van der Waals surface area contributed by atoms with Gasteiger partial charge >= 0.3 is 53.7 Å². The molecule has 0 aromatic carbocycles. The van der Waals surface area contributed by atoms with Gasteiger partial charge in [-0.15, -0.1) is 0 Å². The van der Waals surface area contributed by atoms with Crippen molar-refractivity contribution in [1.82, 2.24) is 0 Å². The zero-order valence-electron chi connectivity index (χ0n) is 17.7. The number of carbonyl (C=O) groups is 1. The monoisotopic (exact) mass is 487 g/mol. The van der Waals surface area contributed by atoms with Gasteiger partial charge in [0.05, 0.1) is 6.61 Å². The third kappa shape index (κ3) is 28.5. The average Bonchev–Trinajstić information content (AvgIpc) is 2.56.